The number of amides is 1. The fourth-order valence-corrected chi connectivity index (χ4v) is 3.90. The van der Waals surface area contributed by atoms with Gasteiger partial charge in [-0.05, 0) is 43.0 Å². The number of aromatic nitrogens is 1. The summed E-state index contributed by atoms with van der Waals surface area (Å²) < 4.78 is 5.86. The van der Waals surface area contributed by atoms with Crippen LogP contribution in [0, 0.1) is 5.92 Å². The van der Waals surface area contributed by atoms with Crippen LogP contribution in [-0.4, -0.2) is 60.0 Å². The van der Waals surface area contributed by atoms with Gasteiger partial charge in [0.1, 0.15) is 12.4 Å². The van der Waals surface area contributed by atoms with Crippen molar-refractivity contribution in [2.75, 3.05) is 31.1 Å². The second-order valence-electron chi connectivity index (χ2n) is 8.38. The molecule has 3 rings (SSSR count). The number of carboxylic acids is 1. The number of rotatable bonds is 11. The van der Waals surface area contributed by atoms with Gasteiger partial charge in [-0.1, -0.05) is 17.3 Å². The first-order chi connectivity index (χ1) is 17.3. The number of piperidine rings is 1. The Bertz CT molecular complexity index is 1080. The average Bonchev–Trinajstić information content (AvgIpc) is 2.89. The number of nitrogens with two attached hydrogens (primary N) is 1. The molecule has 0 aliphatic carbocycles. The molecule has 1 amide bonds. The predicted molar refractivity (Wildman–Crippen MR) is 133 cm³/mol. The van der Waals surface area contributed by atoms with E-state index in [2.05, 4.69) is 25.2 Å². The third kappa shape index (κ3) is 7.97. The number of amidine groups is 1. The van der Waals surface area contributed by atoms with Crippen LogP contribution in [0.2, 0.25) is 0 Å². The summed E-state index contributed by atoms with van der Waals surface area (Å²) in [6.07, 6.45) is 5.24. The number of carboxylic acid groups (broad SMARTS) is 1. The van der Waals surface area contributed by atoms with Crippen molar-refractivity contribution < 1.29 is 29.1 Å². The summed E-state index contributed by atoms with van der Waals surface area (Å²) in [5.74, 6) is -1.20. The van der Waals surface area contributed by atoms with Gasteiger partial charge in [0, 0.05) is 56.0 Å². The fraction of sp³-hybridized carbons (Fsp3) is 0.400. The van der Waals surface area contributed by atoms with Gasteiger partial charge in [0.25, 0.3) is 0 Å². The number of aryl methyl sites for hydroxylation is 1. The molecule has 11 heteroatoms. The number of anilines is 1. The van der Waals surface area contributed by atoms with E-state index in [-0.39, 0.29) is 37.1 Å². The molecule has 0 unspecified atom stereocenters. The molecule has 1 aliphatic rings. The van der Waals surface area contributed by atoms with E-state index in [4.69, 9.17) is 15.6 Å². The topological polar surface area (TPSA) is 156 Å². The Balaban J connectivity index is 1.52. The minimum Gasteiger partial charge on any atom is -0.491 e. The highest BCUT2D eigenvalue weighted by molar-refractivity contribution is 5.97. The number of carbonyl (C=O) groups excluding carboxylic acids is 2. The molecule has 2 aromatic rings. The third-order valence-electron chi connectivity index (χ3n) is 5.80. The number of oxime groups is 1. The maximum Gasteiger partial charge on any atom is 0.332 e. The number of aliphatic carboxylic acids is 1. The first-order valence-electron chi connectivity index (χ1n) is 11.7. The highest BCUT2D eigenvalue weighted by atomic mass is 16.7. The van der Waals surface area contributed by atoms with E-state index < -0.39 is 11.9 Å². The zero-order valence-corrected chi connectivity index (χ0v) is 20.2. The van der Waals surface area contributed by atoms with E-state index in [1.165, 1.54) is 6.92 Å². The molecule has 2 heterocycles. The summed E-state index contributed by atoms with van der Waals surface area (Å²) in [6.45, 7) is 3.29. The van der Waals surface area contributed by atoms with Gasteiger partial charge >= 0.3 is 11.9 Å². The maximum absolute atomic E-state index is 12.6. The molecule has 192 valence electrons. The summed E-state index contributed by atoms with van der Waals surface area (Å²) in [5.41, 5.74) is 8.11. The van der Waals surface area contributed by atoms with Gasteiger partial charge in [-0.25, -0.2) is 4.79 Å². The van der Waals surface area contributed by atoms with Gasteiger partial charge in [-0.15, -0.1) is 0 Å². The first kappa shape index (κ1) is 26.5. The molecule has 11 nitrogen and oxygen atoms in total. The molecule has 0 bridgehead atoms. The molecule has 0 radical (unpaired) electrons. The number of nitrogens with one attached hydrogen (secondary N) is 1. The van der Waals surface area contributed by atoms with Crippen LogP contribution in [0.15, 0.2) is 47.9 Å². The van der Waals surface area contributed by atoms with Crippen molar-refractivity contribution in [3.8, 4) is 5.75 Å². The molecule has 1 aromatic heterocycles. The van der Waals surface area contributed by atoms with E-state index in [9.17, 15) is 14.4 Å². The van der Waals surface area contributed by atoms with Gasteiger partial charge in [0.05, 0.1) is 6.54 Å². The Kier molecular flexibility index (Phi) is 9.61. The van der Waals surface area contributed by atoms with Crippen LogP contribution in [-0.2, 0) is 25.6 Å². The molecule has 4 N–H and O–H groups in total. The van der Waals surface area contributed by atoms with E-state index in [1.54, 1.807) is 30.6 Å². The van der Waals surface area contributed by atoms with Gasteiger partial charge in [-0.3, -0.25) is 14.6 Å². The van der Waals surface area contributed by atoms with Crippen LogP contribution in [0.4, 0.5) is 5.69 Å². The second-order valence-corrected chi connectivity index (χ2v) is 8.38. The zero-order chi connectivity index (χ0) is 25.9. The number of pyridine rings is 1. The lowest BCUT2D eigenvalue weighted by Gasteiger charge is -2.32. The van der Waals surface area contributed by atoms with Crippen molar-refractivity contribution in [3.63, 3.8) is 0 Å². The number of hydrogen-bond donors (Lipinski definition) is 3. The normalized spacial score (nSPS) is 14.2. The van der Waals surface area contributed by atoms with Gasteiger partial charge in [-0.2, -0.15) is 0 Å². The Morgan fingerprint density at radius 3 is 2.58 bits per heavy atom. The lowest BCUT2D eigenvalue weighted by Crippen LogP contribution is -2.41. The molecular formula is C25H31N5O6. The summed E-state index contributed by atoms with van der Waals surface area (Å²) in [6, 6.07) is 8.88. The van der Waals surface area contributed by atoms with Crippen molar-refractivity contribution in [1.82, 2.24) is 10.3 Å². The Hall–Kier alpha value is -4.15. The van der Waals surface area contributed by atoms with E-state index in [0.717, 1.165) is 31.6 Å². The van der Waals surface area contributed by atoms with Crippen molar-refractivity contribution in [3.05, 3.63) is 53.9 Å². The van der Waals surface area contributed by atoms with Crippen molar-refractivity contribution in [2.45, 2.75) is 32.6 Å². The summed E-state index contributed by atoms with van der Waals surface area (Å²) in [4.78, 5) is 45.5. The number of hydrogen-bond acceptors (Lipinski definition) is 8. The van der Waals surface area contributed by atoms with E-state index in [0.29, 0.717) is 23.4 Å². The van der Waals surface area contributed by atoms with Gasteiger partial charge in [0.15, 0.2) is 5.84 Å². The van der Waals surface area contributed by atoms with Crippen molar-refractivity contribution in [1.29, 1.82) is 0 Å². The van der Waals surface area contributed by atoms with Crippen LogP contribution in [0.3, 0.4) is 0 Å². The van der Waals surface area contributed by atoms with Crippen LogP contribution >= 0.6 is 0 Å². The monoisotopic (exact) mass is 497 g/mol. The largest absolute Gasteiger partial charge is 0.491 e. The number of carbonyl (C=O) groups is 3. The van der Waals surface area contributed by atoms with E-state index in [1.807, 2.05) is 12.1 Å². The summed E-state index contributed by atoms with van der Waals surface area (Å²) in [7, 11) is 0. The predicted octanol–water partition coefficient (Wildman–Crippen LogP) is 1.69. The van der Waals surface area contributed by atoms with Crippen LogP contribution in [0.5, 0.6) is 5.75 Å². The molecule has 0 saturated carbocycles. The van der Waals surface area contributed by atoms with Gasteiger partial charge < -0.3 is 30.6 Å². The quantitative estimate of drug-likeness (QED) is 0.138. The van der Waals surface area contributed by atoms with Crippen LogP contribution in [0.1, 0.15) is 37.3 Å². The molecule has 1 saturated heterocycles. The Labute approximate surface area is 209 Å². The molecule has 1 aromatic carbocycles. The Morgan fingerprint density at radius 2 is 1.92 bits per heavy atom. The smallest absolute Gasteiger partial charge is 0.332 e. The van der Waals surface area contributed by atoms with Crippen LogP contribution in [0.25, 0.3) is 0 Å². The highest BCUT2D eigenvalue weighted by Crippen LogP contribution is 2.24. The lowest BCUT2D eigenvalue weighted by molar-refractivity contribution is -0.141. The first-order valence-corrected chi connectivity index (χ1v) is 11.7. The zero-order valence-electron chi connectivity index (χ0n) is 20.2. The number of ether oxygens (including phenoxy) is 1. The lowest BCUT2D eigenvalue weighted by atomic mass is 9.95. The standard InChI is InChI=1S/C25H31N5O6/c1-17(31)36-29-24(26)20-3-2-18(4-5-23(32)33)22(16-20)35-15-12-28-25(34)19-8-13-30(14-9-19)21-6-10-27-11-7-21/h2-3,6-7,10-11,16,19H,4-5,8-9,12-15H2,1H3,(H2,26,29)(H,28,34)(H,32,33). The fourth-order valence-electron chi connectivity index (χ4n) is 3.90. The molecular weight excluding hydrogens is 466 g/mol. The van der Waals surface area contributed by atoms with Crippen molar-refractivity contribution >= 4 is 29.4 Å². The minimum atomic E-state index is -0.928. The minimum absolute atomic E-state index is 0.00871. The SMILES string of the molecule is CC(=O)O/N=C(\N)c1ccc(CCC(=O)O)c(OCCNC(=O)C2CCN(c3ccncc3)CC2)c1. The summed E-state index contributed by atoms with van der Waals surface area (Å²) in [5, 5.41) is 15.5. The maximum atomic E-state index is 12.6. The number of nitrogens with zero attached hydrogens (tertiary/aromatic N) is 3. The Morgan fingerprint density at radius 1 is 1.19 bits per heavy atom. The van der Waals surface area contributed by atoms with E-state index >= 15 is 0 Å². The van der Waals surface area contributed by atoms with Crippen molar-refractivity contribution in [2.24, 2.45) is 16.8 Å². The molecule has 0 spiro atoms. The number of benzene rings is 1. The molecule has 36 heavy (non-hydrogen) atoms. The van der Waals surface area contributed by atoms with Crippen LogP contribution < -0.4 is 20.7 Å². The summed E-state index contributed by atoms with van der Waals surface area (Å²) >= 11 is 0. The highest BCUT2D eigenvalue weighted by Gasteiger charge is 2.25. The second kappa shape index (κ2) is 13.1. The molecule has 0 atom stereocenters. The molecule has 1 aliphatic heterocycles. The average molecular weight is 498 g/mol. The van der Waals surface area contributed by atoms with Gasteiger partial charge in [0.2, 0.25) is 5.91 Å². The third-order valence-corrected chi connectivity index (χ3v) is 5.80. The molecule has 1 fully saturated rings.